The standard InChI is InChI=1S/C21H17F2N7O2/c1-11-15(10-29(2)28-11)21-27-26-20(32-21)14-9-24-30-17(18(22)23)8-16(25-19(14)30)12-4-6-13(31-3)7-5-12/h4-10,18H,1-3H3. The lowest BCUT2D eigenvalue weighted by atomic mass is 10.1. The molecule has 0 bridgehead atoms. The molecule has 4 heterocycles. The Hall–Kier alpha value is -4.15. The van der Waals surface area contributed by atoms with E-state index in [0.29, 0.717) is 28.1 Å². The molecule has 0 aliphatic rings. The summed E-state index contributed by atoms with van der Waals surface area (Å²) in [5, 5.41) is 16.5. The molecule has 9 nitrogen and oxygen atoms in total. The van der Waals surface area contributed by atoms with Gasteiger partial charge in [0, 0.05) is 18.8 Å². The van der Waals surface area contributed by atoms with Crippen LogP contribution in [-0.4, -0.2) is 41.7 Å². The number of ether oxygens (including phenoxy) is 1. The number of halogens is 2. The van der Waals surface area contributed by atoms with Gasteiger partial charge in [0.15, 0.2) is 5.65 Å². The Balaban J connectivity index is 1.64. The Morgan fingerprint density at radius 1 is 1.06 bits per heavy atom. The zero-order chi connectivity index (χ0) is 22.4. The summed E-state index contributed by atoms with van der Waals surface area (Å²) in [4.78, 5) is 4.57. The zero-order valence-electron chi connectivity index (χ0n) is 17.3. The molecule has 0 spiro atoms. The van der Waals surface area contributed by atoms with E-state index in [1.807, 2.05) is 6.92 Å². The van der Waals surface area contributed by atoms with Crippen molar-refractivity contribution in [2.24, 2.45) is 7.05 Å². The van der Waals surface area contributed by atoms with Gasteiger partial charge in [-0.3, -0.25) is 4.68 Å². The first-order valence-corrected chi connectivity index (χ1v) is 9.60. The van der Waals surface area contributed by atoms with E-state index in [-0.39, 0.29) is 23.1 Å². The highest BCUT2D eigenvalue weighted by Crippen LogP contribution is 2.32. The van der Waals surface area contributed by atoms with Crippen LogP contribution >= 0.6 is 0 Å². The maximum absolute atomic E-state index is 13.8. The van der Waals surface area contributed by atoms with Crippen molar-refractivity contribution >= 4 is 5.65 Å². The molecule has 0 unspecified atom stereocenters. The van der Waals surface area contributed by atoms with E-state index in [2.05, 4.69) is 25.4 Å². The van der Waals surface area contributed by atoms with Crippen LogP contribution in [0.25, 0.3) is 39.8 Å². The van der Waals surface area contributed by atoms with Crippen LogP contribution in [-0.2, 0) is 7.05 Å². The van der Waals surface area contributed by atoms with Crippen molar-refractivity contribution in [2.75, 3.05) is 7.11 Å². The van der Waals surface area contributed by atoms with Gasteiger partial charge < -0.3 is 9.15 Å². The third kappa shape index (κ3) is 3.27. The number of fused-ring (bicyclic) bond motifs is 1. The maximum atomic E-state index is 13.8. The van der Waals surface area contributed by atoms with Gasteiger partial charge in [-0.1, -0.05) is 0 Å². The number of nitrogens with zero attached hydrogens (tertiary/aromatic N) is 7. The second-order valence-electron chi connectivity index (χ2n) is 7.10. The summed E-state index contributed by atoms with van der Waals surface area (Å²) in [6, 6.07) is 8.29. The fourth-order valence-electron chi connectivity index (χ4n) is 3.45. The third-order valence-corrected chi connectivity index (χ3v) is 5.01. The van der Waals surface area contributed by atoms with Crippen molar-refractivity contribution in [3.05, 3.63) is 54.1 Å². The Labute approximate surface area is 180 Å². The summed E-state index contributed by atoms with van der Waals surface area (Å²) in [6.07, 6.45) is 0.387. The molecular formula is C21H17F2N7O2. The maximum Gasteiger partial charge on any atom is 0.280 e. The van der Waals surface area contributed by atoms with Crippen molar-refractivity contribution in [2.45, 2.75) is 13.3 Å². The summed E-state index contributed by atoms with van der Waals surface area (Å²) in [5.41, 5.74) is 2.66. The molecule has 11 heteroatoms. The molecule has 5 aromatic rings. The zero-order valence-corrected chi connectivity index (χ0v) is 17.3. The molecule has 32 heavy (non-hydrogen) atoms. The average Bonchev–Trinajstić information content (AvgIpc) is 3.50. The fraction of sp³-hybridized carbons (Fsp3) is 0.190. The first kappa shape index (κ1) is 19.8. The number of hydrogen-bond acceptors (Lipinski definition) is 7. The third-order valence-electron chi connectivity index (χ3n) is 5.01. The van der Waals surface area contributed by atoms with Gasteiger partial charge in [0.1, 0.15) is 17.0 Å². The summed E-state index contributed by atoms with van der Waals surface area (Å²) in [5.74, 6) is 1.04. The fourth-order valence-corrected chi connectivity index (χ4v) is 3.45. The van der Waals surface area contributed by atoms with Gasteiger partial charge in [0.2, 0.25) is 0 Å². The molecule has 0 radical (unpaired) electrons. The predicted molar refractivity (Wildman–Crippen MR) is 110 cm³/mol. The SMILES string of the molecule is COc1ccc(-c2cc(C(F)F)n3ncc(-c4nnc(-c5cn(C)nc5C)o4)c3n2)cc1. The largest absolute Gasteiger partial charge is 0.497 e. The van der Waals surface area contributed by atoms with Gasteiger partial charge in [0.25, 0.3) is 18.2 Å². The van der Waals surface area contributed by atoms with Gasteiger partial charge in [0.05, 0.1) is 30.3 Å². The molecule has 0 aliphatic carbocycles. The summed E-state index contributed by atoms with van der Waals surface area (Å²) in [7, 11) is 3.34. The second kappa shape index (κ2) is 7.52. The van der Waals surface area contributed by atoms with E-state index in [1.54, 1.807) is 49.3 Å². The number of benzene rings is 1. The number of aromatic nitrogens is 7. The number of rotatable bonds is 5. The summed E-state index contributed by atoms with van der Waals surface area (Å²) >= 11 is 0. The van der Waals surface area contributed by atoms with E-state index in [9.17, 15) is 8.78 Å². The molecule has 0 amide bonds. The van der Waals surface area contributed by atoms with E-state index in [0.717, 1.165) is 10.2 Å². The van der Waals surface area contributed by atoms with Crippen molar-refractivity contribution in [1.82, 2.24) is 34.6 Å². The van der Waals surface area contributed by atoms with Crippen LogP contribution in [0, 0.1) is 6.92 Å². The molecule has 0 saturated heterocycles. The second-order valence-corrected chi connectivity index (χ2v) is 7.10. The van der Waals surface area contributed by atoms with Gasteiger partial charge in [-0.05, 0) is 37.3 Å². The Morgan fingerprint density at radius 3 is 2.41 bits per heavy atom. The predicted octanol–water partition coefficient (Wildman–Crippen LogP) is 4.10. The lowest BCUT2D eigenvalue weighted by Crippen LogP contribution is -2.02. The van der Waals surface area contributed by atoms with E-state index in [4.69, 9.17) is 9.15 Å². The number of methoxy groups -OCH3 is 1. The van der Waals surface area contributed by atoms with Crippen LogP contribution in [0.2, 0.25) is 0 Å². The molecule has 5 rings (SSSR count). The molecule has 4 aromatic heterocycles. The van der Waals surface area contributed by atoms with Crippen molar-refractivity contribution in [3.8, 4) is 39.9 Å². The van der Waals surface area contributed by atoms with Crippen LogP contribution in [0.4, 0.5) is 8.78 Å². The van der Waals surface area contributed by atoms with Crippen LogP contribution in [0.1, 0.15) is 17.8 Å². The summed E-state index contributed by atoms with van der Waals surface area (Å²) in [6.45, 7) is 1.83. The number of hydrogen-bond donors (Lipinski definition) is 0. The molecule has 0 saturated carbocycles. The highest BCUT2D eigenvalue weighted by Gasteiger charge is 2.23. The summed E-state index contributed by atoms with van der Waals surface area (Å²) < 4.78 is 41.4. The first-order valence-electron chi connectivity index (χ1n) is 9.60. The minimum Gasteiger partial charge on any atom is -0.497 e. The Kier molecular flexibility index (Phi) is 4.65. The molecule has 0 atom stereocenters. The topological polar surface area (TPSA) is 96.2 Å². The van der Waals surface area contributed by atoms with Gasteiger partial charge >= 0.3 is 0 Å². The molecule has 0 aliphatic heterocycles. The van der Waals surface area contributed by atoms with Crippen molar-refractivity contribution < 1.29 is 17.9 Å². The van der Waals surface area contributed by atoms with Crippen LogP contribution < -0.4 is 4.74 Å². The first-order chi connectivity index (χ1) is 15.4. The van der Waals surface area contributed by atoms with Gasteiger partial charge in [-0.25, -0.2) is 18.3 Å². The lowest BCUT2D eigenvalue weighted by molar-refractivity contribution is 0.143. The Bertz CT molecular complexity index is 1420. The van der Waals surface area contributed by atoms with E-state index in [1.165, 1.54) is 12.3 Å². The minimum absolute atomic E-state index is 0.123. The monoisotopic (exact) mass is 437 g/mol. The molecule has 0 fully saturated rings. The Morgan fingerprint density at radius 2 is 1.78 bits per heavy atom. The molecule has 0 N–H and O–H groups in total. The van der Waals surface area contributed by atoms with Crippen molar-refractivity contribution in [3.63, 3.8) is 0 Å². The van der Waals surface area contributed by atoms with Crippen LogP contribution in [0.5, 0.6) is 5.75 Å². The van der Waals surface area contributed by atoms with E-state index < -0.39 is 6.43 Å². The van der Waals surface area contributed by atoms with E-state index >= 15 is 0 Å². The normalized spacial score (nSPS) is 11.6. The number of aryl methyl sites for hydroxylation is 2. The highest BCUT2D eigenvalue weighted by molar-refractivity contribution is 5.75. The minimum atomic E-state index is -2.76. The smallest absolute Gasteiger partial charge is 0.280 e. The number of alkyl halides is 2. The highest BCUT2D eigenvalue weighted by atomic mass is 19.3. The van der Waals surface area contributed by atoms with Gasteiger partial charge in [-0.15, -0.1) is 10.2 Å². The molecule has 162 valence electrons. The van der Waals surface area contributed by atoms with Crippen LogP contribution in [0.3, 0.4) is 0 Å². The van der Waals surface area contributed by atoms with Crippen LogP contribution in [0.15, 0.2) is 47.1 Å². The molecular weight excluding hydrogens is 420 g/mol. The quantitative estimate of drug-likeness (QED) is 0.408. The molecule has 1 aromatic carbocycles. The van der Waals surface area contributed by atoms with Crippen molar-refractivity contribution in [1.29, 1.82) is 0 Å². The van der Waals surface area contributed by atoms with Gasteiger partial charge in [-0.2, -0.15) is 10.2 Å². The lowest BCUT2D eigenvalue weighted by Gasteiger charge is -2.08. The average molecular weight is 437 g/mol.